The molecule has 2 heterocycles. The van der Waals surface area contributed by atoms with E-state index in [0.29, 0.717) is 34.3 Å². The van der Waals surface area contributed by atoms with Gasteiger partial charge >= 0.3 is 0 Å². The van der Waals surface area contributed by atoms with Gasteiger partial charge in [0, 0.05) is 16.7 Å². The molecule has 0 aliphatic heterocycles. The number of hydrogen-bond donors (Lipinski definition) is 0. The van der Waals surface area contributed by atoms with Crippen molar-refractivity contribution in [2.24, 2.45) is 0 Å². The number of rotatable bonds is 8. The SMILES string of the molecule is COc1cccc(-c2nc(CSc3nnc(-c4ccc(C(C)C)cc4)o3)cs2)c1OC. The van der Waals surface area contributed by atoms with Crippen LogP contribution in [0.15, 0.2) is 57.5 Å². The molecule has 0 amide bonds. The van der Waals surface area contributed by atoms with E-state index in [1.54, 1.807) is 25.6 Å². The molecule has 4 aromatic rings. The topological polar surface area (TPSA) is 70.3 Å². The number of nitrogens with zero attached hydrogens (tertiary/aromatic N) is 3. The standard InChI is InChI=1S/C23H23N3O3S2/c1-14(2)15-8-10-16(11-9-15)21-25-26-23(29-21)31-13-17-12-30-22(24-17)18-6-5-7-19(27-3)20(18)28-4/h5-12,14H,13H2,1-4H3. The van der Waals surface area contributed by atoms with Gasteiger partial charge in [0.25, 0.3) is 5.22 Å². The molecule has 2 aromatic heterocycles. The van der Waals surface area contributed by atoms with Gasteiger partial charge in [-0.25, -0.2) is 4.98 Å². The van der Waals surface area contributed by atoms with Gasteiger partial charge in [0.1, 0.15) is 5.01 Å². The summed E-state index contributed by atoms with van der Waals surface area (Å²) >= 11 is 3.04. The number of para-hydroxylation sites is 1. The summed E-state index contributed by atoms with van der Waals surface area (Å²) in [5.74, 6) is 3.02. The lowest BCUT2D eigenvalue weighted by Gasteiger charge is -2.10. The first kappa shape index (κ1) is 21.4. The zero-order chi connectivity index (χ0) is 21.8. The maximum Gasteiger partial charge on any atom is 0.277 e. The summed E-state index contributed by atoms with van der Waals surface area (Å²) in [6.07, 6.45) is 0. The van der Waals surface area contributed by atoms with Crippen LogP contribution in [0.5, 0.6) is 11.5 Å². The Morgan fingerprint density at radius 1 is 1.03 bits per heavy atom. The van der Waals surface area contributed by atoms with E-state index in [1.807, 2.05) is 35.7 Å². The molecule has 0 aliphatic rings. The van der Waals surface area contributed by atoms with Crippen LogP contribution in [0.3, 0.4) is 0 Å². The first-order chi connectivity index (χ1) is 15.1. The average Bonchev–Trinajstić information content (AvgIpc) is 3.47. The minimum Gasteiger partial charge on any atom is -0.493 e. The van der Waals surface area contributed by atoms with Gasteiger partial charge in [-0.2, -0.15) is 0 Å². The minimum absolute atomic E-state index is 0.489. The number of thioether (sulfide) groups is 1. The molecule has 6 nitrogen and oxygen atoms in total. The number of hydrogen-bond acceptors (Lipinski definition) is 8. The highest BCUT2D eigenvalue weighted by Gasteiger charge is 2.16. The molecule has 0 saturated heterocycles. The lowest BCUT2D eigenvalue weighted by molar-refractivity contribution is 0.356. The van der Waals surface area contributed by atoms with Crippen molar-refractivity contribution in [3.05, 3.63) is 59.1 Å². The lowest BCUT2D eigenvalue weighted by Crippen LogP contribution is -1.93. The third-order valence-electron chi connectivity index (χ3n) is 4.76. The summed E-state index contributed by atoms with van der Waals surface area (Å²) in [6, 6.07) is 14.0. The third kappa shape index (κ3) is 4.75. The monoisotopic (exact) mass is 453 g/mol. The van der Waals surface area contributed by atoms with Crippen LogP contribution >= 0.6 is 23.1 Å². The second-order valence-electron chi connectivity index (χ2n) is 7.12. The minimum atomic E-state index is 0.489. The predicted octanol–water partition coefficient (Wildman–Crippen LogP) is 6.29. The second kappa shape index (κ2) is 9.53. The Balaban J connectivity index is 1.44. The second-order valence-corrected chi connectivity index (χ2v) is 8.91. The van der Waals surface area contributed by atoms with Gasteiger partial charge < -0.3 is 13.9 Å². The van der Waals surface area contributed by atoms with Gasteiger partial charge in [0.05, 0.1) is 25.5 Å². The van der Waals surface area contributed by atoms with Gasteiger partial charge in [0.2, 0.25) is 5.89 Å². The molecule has 0 atom stereocenters. The number of ether oxygens (including phenoxy) is 2. The fourth-order valence-corrected chi connectivity index (χ4v) is 4.69. The summed E-state index contributed by atoms with van der Waals surface area (Å²) < 4.78 is 16.7. The Kier molecular flexibility index (Phi) is 6.58. The maximum atomic E-state index is 5.83. The molecular weight excluding hydrogens is 430 g/mol. The first-order valence-corrected chi connectivity index (χ1v) is 11.7. The Labute approximate surface area is 189 Å². The number of methoxy groups -OCH3 is 2. The molecule has 0 aliphatic carbocycles. The fraction of sp³-hybridized carbons (Fsp3) is 0.261. The van der Waals surface area contributed by atoms with Crippen molar-refractivity contribution < 1.29 is 13.9 Å². The largest absolute Gasteiger partial charge is 0.493 e. The van der Waals surface area contributed by atoms with E-state index in [-0.39, 0.29) is 0 Å². The lowest BCUT2D eigenvalue weighted by atomic mass is 10.0. The molecule has 0 bridgehead atoms. The van der Waals surface area contributed by atoms with Crippen LogP contribution in [-0.2, 0) is 5.75 Å². The summed E-state index contributed by atoms with van der Waals surface area (Å²) in [5, 5.41) is 11.8. The molecule has 4 rings (SSSR count). The average molecular weight is 454 g/mol. The number of benzene rings is 2. The van der Waals surface area contributed by atoms with E-state index < -0.39 is 0 Å². The Hall–Kier alpha value is -2.84. The molecule has 0 saturated carbocycles. The van der Waals surface area contributed by atoms with Crippen molar-refractivity contribution in [3.8, 4) is 33.5 Å². The normalized spacial score (nSPS) is 11.1. The summed E-state index contributed by atoms with van der Waals surface area (Å²) in [4.78, 5) is 4.74. The zero-order valence-electron chi connectivity index (χ0n) is 17.8. The fourth-order valence-electron chi connectivity index (χ4n) is 3.08. The van der Waals surface area contributed by atoms with Crippen molar-refractivity contribution in [3.63, 3.8) is 0 Å². The first-order valence-electron chi connectivity index (χ1n) is 9.81. The van der Waals surface area contributed by atoms with Crippen molar-refractivity contribution in [2.75, 3.05) is 14.2 Å². The molecule has 0 unspecified atom stereocenters. The Morgan fingerprint density at radius 3 is 2.55 bits per heavy atom. The van der Waals surface area contributed by atoms with Crippen LogP contribution < -0.4 is 9.47 Å². The van der Waals surface area contributed by atoms with Crippen LogP contribution in [-0.4, -0.2) is 29.4 Å². The molecular formula is C23H23N3O3S2. The molecule has 0 radical (unpaired) electrons. The van der Waals surface area contributed by atoms with Crippen LogP contribution in [0.25, 0.3) is 22.0 Å². The van der Waals surface area contributed by atoms with Crippen LogP contribution in [0, 0.1) is 0 Å². The Morgan fingerprint density at radius 2 is 1.84 bits per heavy atom. The quantitative estimate of drug-likeness (QED) is 0.290. The van der Waals surface area contributed by atoms with Gasteiger partial charge in [-0.3, -0.25) is 0 Å². The molecule has 0 N–H and O–H groups in total. The van der Waals surface area contributed by atoms with E-state index in [2.05, 4.69) is 36.2 Å². The van der Waals surface area contributed by atoms with Gasteiger partial charge in [-0.1, -0.05) is 43.8 Å². The van der Waals surface area contributed by atoms with Gasteiger partial charge in [-0.15, -0.1) is 21.5 Å². The van der Waals surface area contributed by atoms with Crippen LogP contribution in [0.2, 0.25) is 0 Å². The van der Waals surface area contributed by atoms with Crippen molar-refractivity contribution in [2.45, 2.75) is 30.7 Å². The van der Waals surface area contributed by atoms with Gasteiger partial charge in [0.15, 0.2) is 11.5 Å². The molecule has 2 aromatic carbocycles. The van der Waals surface area contributed by atoms with E-state index in [1.165, 1.54) is 17.3 Å². The van der Waals surface area contributed by atoms with E-state index in [4.69, 9.17) is 18.9 Å². The van der Waals surface area contributed by atoms with E-state index >= 15 is 0 Å². The molecule has 0 spiro atoms. The molecule has 8 heteroatoms. The summed E-state index contributed by atoms with van der Waals surface area (Å²) in [7, 11) is 3.26. The Bertz CT molecular complexity index is 1150. The smallest absolute Gasteiger partial charge is 0.277 e. The predicted molar refractivity (Wildman–Crippen MR) is 124 cm³/mol. The van der Waals surface area contributed by atoms with Crippen LogP contribution in [0.4, 0.5) is 0 Å². The van der Waals surface area contributed by atoms with Crippen molar-refractivity contribution >= 4 is 23.1 Å². The molecule has 0 fully saturated rings. The molecule has 160 valence electrons. The van der Waals surface area contributed by atoms with E-state index in [0.717, 1.165) is 21.8 Å². The highest BCUT2D eigenvalue weighted by Crippen LogP contribution is 2.39. The van der Waals surface area contributed by atoms with Gasteiger partial charge in [-0.05, 0) is 35.7 Å². The number of thiazole rings is 1. The zero-order valence-corrected chi connectivity index (χ0v) is 19.4. The van der Waals surface area contributed by atoms with E-state index in [9.17, 15) is 0 Å². The van der Waals surface area contributed by atoms with Crippen molar-refractivity contribution in [1.29, 1.82) is 0 Å². The molecule has 31 heavy (non-hydrogen) atoms. The van der Waals surface area contributed by atoms with Crippen molar-refractivity contribution in [1.82, 2.24) is 15.2 Å². The third-order valence-corrected chi connectivity index (χ3v) is 6.54. The summed E-state index contributed by atoms with van der Waals surface area (Å²) in [5.41, 5.74) is 4.05. The summed E-state index contributed by atoms with van der Waals surface area (Å²) in [6.45, 7) is 4.34. The van der Waals surface area contributed by atoms with Crippen LogP contribution in [0.1, 0.15) is 31.0 Å². The highest BCUT2D eigenvalue weighted by molar-refractivity contribution is 7.98. The number of aromatic nitrogens is 3. The maximum absolute atomic E-state index is 5.83. The highest BCUT2D eigenvalue weighted by atomic mass is 32.2.